The van der Waals surface area contributed by atoms with Gasteiger partial charge in [-0.2, -0.15) is 0 Å². The lowest BCUT2D eigenvalue weighted by molar-refractivity contribution is 0.319. The monoisotopic (exact) mass is 267 g/mol. The maximum atomic E-state index is 3.71. The van der Waals surface area contributed by atoms with E-state index in [1.165, 1.54) is 83.6 Å². The van der Waals surface area contributed by atoms with Gasteiger partial charge in [0.05, 0.1) is 0 Å². The lowest BCUT2D eigenvalue weighted by Crippen LogP contribution is -2.35. The molecule has 1 aliphatic carbocycles. The van der Waals surface area contributed by atoms with E-state index < -0.39 is 0 Å². The Morgan fingerprint density at radius 2 is 1.42 bits per heavy atom. The molecule has 1 N–H and O–H groups in total. The molecule has 0 radical (unpaired) electrons. The van der Waals surface area contributed by atoms with Crippen LogP contribution in [0.2, 0.25) is 0 Å². The van der Waals surface area contributed by atoms with Crippen LogP contribution in [0.4, 0.5) is 0 Å². The van der Waals surface area contributed by atoms with Crippen molar-refractivity contribution in [2.24, 2.45) is 5.41 Å². The van der Waals surface area contributed by atoms with Gasteiger partial charge in [0.2, 0.25) is 0 Å². The number of rotatable bonds is 13. The molecule has 1 heteroatoms. The van der Waals surface area contributed by atoms with Crippen LogP contribution in [0.15, 0.2) is 0 Å². The summed E-state index contributed by atoms with van der Waals surface area (Å²) in [6, 6.07) is 0.747. The lowest BCUT2D eigenvalue weighted by Gasteiger charge is -2.24. The molecule has 1 saturated carbocycles. The molecule has 1 nitrogen and oxygen atoms in total. The standard InChI is InChI=1S/C18H37N/c1-4-6-7-8-9-10-11-12-13-18(14-15-18)17(3)19-16-5-2/h17,19H,4-16H2,1-3H3. The third-order valence-corrected chi connectivity index (χ3v) is 5.04. The molecule has 0 bridgehead atoms. The first-order chi connectivity index (χ1) is 9.25. The van der Waals surface area contributed by atoms with E-state index in [0.717, 1.165) is 6.04 Å². The van der Waals surface area contributed by atoms with Gasteiger partial charge in [-0.25, -0.2) is 0 Å². The highest BCUT2D eigenvalue weighted by Crippen LogP contribution is 2.52. The molecule has 1 unspecified atom stereocenters. The van der Waals surface area contributed by atoms with E-state index in [-0.39, 0.29) is 0 Å². The second-order valence-corrected chi connectivity index (χ2v) is 6.76. The van der Waals surface area contributed by atoms with Crippen molar-refractivity contribution in [3.8, 4) is 0 Å². The SMILES string of the molecule is CCCCCCCCCCC1(C(C)NCCC)CC1. The van der Waals surface area contributed by atoms with Crippen molar-refractivity contribution in [2.75, 3.05) is 6.54 Å². The van der Waals surface area contributed by atoms with Gasteiger partial charge in [-0.15, -0.1) is 0 Å². The molecule has 0 saturated heterocycles. The van der Waals surface area contributed by atoms with Gasteiger partial charge >= 0.3 is 0 Å². The molecule has 1 rings (SSSR count). The fourth-order valence-electron chi connectivity index (χ4n) is 3.25. The van der Waals surface area contributed by atoms with Crippen molar-refractivity contribution in [2.45, 2.75) is 104 Å². The Morgan fingerprint density at radius 1 is 0.842 bits per heavy atom. The van der Waals surface area contributed by atoms with Crippen molar-refractivity contribution in [1.29, 1.82) is 0 Å². The molecule has 0 aromatic carbocycles. The molecular formula is C18H37N. The first kappa shape index (κ1) is 17.0. The zero-order valence-electron chi connectivity index (χ0n) is 13.8. The summed E-state index contributed by atoms with van der Waals surface area (Å²) in [4.78, 5) is 0. The van der Waals surface area contributed by atoms with Gasteiger partial charge in [0.15, 0.2) is 0 Å². The molecule has 0 amide bonds. The summed E-state index contributed by atoms with van der Waals surface area (Å²) >= 11 is 0. The van der Waals surface area contributed by atoms with Crippen molar-refractivity contribution in [3.05, 3.63) is 0 Å². The quantitative estimate of drug-likeness (QED) is 0.423. The summed E-state index contributed by atoms with van der Waals surface area (Å²) in [6.45, 7) is 8.16. The highest BCUT2D eigenvalue weighted by Gasteiger charge is 2.45. The zero-order chi connectivity index (χ0) is 14.0. The number of hydrogen-bond donors (Lipinski definition) is 1. The van der Waals surface area contributed by atoms with Crippen LogP contribution in [0, 0.1) is 5.41 Å². The Balaban J connectivity index is 1.96. The molecule has 0 aromatic rings. The van der Waals surface area contributed by atoms with E-state index in [4.69, 9.17) is 0 Å². The highest BCUT2D eigenvalue weighted by atomic mass is 14.9. The predicted octanol–water partition coefficient (Wildman–Crippen LogP) is 5.69. The molecule has 0 aliphatic heterocycles. The summed E-state index contributed by atoms with van der Waals surface area (Å²) in [5.41, 5.74) is 0.692. The van der Waals surface area contributed by atoms with E-state index in [0.29, 0.717) is 5.41 Å². The minimum atomic E-state index is 0.692. The van der Waals surface area contributed by atoms with Crippen molar-refractivity contribution in [1.82, 2.24) is 5.32 Å². The molecule has 1 aliphatic rings. The van der Waals surface area contributed by atoms with Crippen LogP contribution >= 0.6 is 0 Å². The lowest BCUT2D eigenvalue weighted by atomic mass is 9.90. The summed E-state index contributed by atoms with van der Waals surface area (Å²) in [7, 11) is 0. The second-order valence-electron chi connectivity index (χ2n) is 6.76. The van der Waals surface area contributed by atoms with E-state index >= 15 is 0 Å². The van der Waals surface area contributed by atoms with Crippen LogP contribution < -0.4 is 5.32 Å². The largest absolute Gasteiger partial charge is 0.314 e. The van der Waals surface area contributed by atoms with Crippen LogP contribution in [0.3, 0.4) is 0 Å². The van der Waals surface area contributed by atoms with Crippen LogP contribution in [-0.4, -0.2) is 12.6 Å². The van der Waals surface area contributed by atoms with E-state index in [2.05, 4.69) is 26.1 Å². The van der Waals surface area contributed by atoms with Crippen molar-refractivity contribution >= 4 is 0 Å². The molecule has 19 heavy (non-hydrogen) atoms. The summed E-state index contributed by atoms with van der Waals surface area (Å²) in [6.07, 6.45) is 17.3. The van der Waals surface area contributed by atoms with Gasteiger partial charge in [-0.3, -0.25) is 0 Å². The molecule has 1 atom stereocenters. The fourth-order valence-corrected chi connectivity index (χ4v) is 3.25. The average Bonchev–Trinajstić information content (AvgIpc) is 3.20. The Bertz CT molecular complexity index is 208. The van der Waals surface area contributed by atoms with Gasteiger partial charge in [0.1, 0.15) is 0 Å². The average molecular weight is 268 g/mol. The Morgan fingerprint density at radius 3 is 1.95 bits per heavy atom. The third kappa shape index (κ3) is 6.79. The molecule has 114 valence electrons. The number of unbranched alkanes of at least 4 members (excludes halogenated alkanes) is 7. The second kappa shape index (κ2) is 9.80. The summed E-state index contributed by atoms with van der Waals surface area (Å²) in [5.74, 6) is 0. The maximum Gasteiger partial charge on any atom is 0.00951 e. The first-order valence-electron chi connectivity index (χ1n) is 8.98. The zero-order valence-corrected chi connectivity index (χ0v) is 13.8. The predicted molar refractivity (Wildman–Crippen MR) is 86.6 cm³/mol. The van der Waals surface area contributed by atoms with Gasteiger partial charge in [-0.05, 0) is 44.6 Å². The maximum absolute atomic E-state index is 3.71. The van der Waals surface area contributed by atoms with E-state index in [1.807, 2.05) is 0 Å². The summed E-state index contributed by atoms with van der Waals surface area (Å²) < 4.78 is 0. The molecule has 0 spiro atoms. The minimum Gasteiger partial charge on any atom is -0.314 e. The molecule has 0 aromatic heterocycles. The van der Waals surface area contributed by atoms with Crippen molar-refractivity contribution in [3.63, 3.8) is 0 Å². The molecular weight excluding hydrogens is 230 g/mol. The Labute approximate surface area is 121 Å². The van der Waals surface area contributed by atoms with Crippen LogP contribution in [-0.2, 0) is 0 Å². The van der Waals surface area contributed by atoms with E-state index in [1.54, 1.807) is 0 Å². The summed E-state index contributed by atoms with van der Waals surface area (Å²) in [5, 5.41) is 3.71. The minimum absolute atomic E-state index is 0.692. The first-order valence-corrected chi connectivity index (χ1v) is 8.98. The Hall–Kier alpha value is -0.0400. The van der Waals surface area contributed by atoms with Crippen LogP contribution in [0.25, 0.3) is 0 Å². The van der Waals surface area contributed by atoms with Gasteiger partial charge in [0.25, 0.3) is 0 Å². The molecule has 1 fully saturated rings. The third-order valence-electron chi connectivity index (χ3n) is 5.04. The topological polar surface area (TPSA) is 12.0 Å². The van der Waals surface area contributed by atoms with Crippen LogP contribution in [0.1, 0.15) is 97.8 Å². The van der Waals surface area contributed by atoms with Gasteiger partial charge in [-0.1, -0.05) is 65.2 Å². The van der Waals surface area contributed by atoms with Gasteiger partial charge in [0, 0.05) is 6.04 Å². The normalized spacial score (nSPS) is 18.5. The Kier molecular flexibility index (Phi) is 8.77. The van der Waals surface area contributed by atoms with E-state index in [9.17, 15) is 0 Å². The van der Waals surface area contributed by atoms with Crippen molar-refractivity contribution < 1.29 is 0 Å². The molecule has 0 heterocycles. The highest BCUT2D eigenvalue weighted by molar-refractivity contribution is 5.00. The number of nitrogens with one attached hydrogen (secondary N) is 1. The smallest absolute Gasteiger partial charge is 0.00951 e. The number of hydrogen-bond acceptors (Lipinski definition) is 1. The van der Waals surface area contributed by atoms with Gasteiger partial charge < -0.3 is 5.32 Å². The van der Waals surface area contributed by atoms with Crippen LogP contribution in [0.5, 0.6) is 0 Å². The fraction of sp³-hybridized carbons (Fsp3) is 1.00.